The summed E-state index contributed by atoms with van der Waals surface area (Å²) in [5.74, 6) is -8.60. The van der Waals surface area contributed by atoms with Crippen LogP contribution >= 0.6 is 0 Å². The van der Waals surface area contributed by atoms with Gasteiger partial charge < -0.3 is 28.8 Å². The summed E-state index contributed by atoms with van der Waals surface area (Å²) in [6, 6.07) is 7.37. The molecule has 1 unspecified atom stereocenters. The van der Waals surface area contributed by atoms with Gasteiger partial charge in [-0.1, -0.05) is 30.3 Å². The average Bonchev–Trinajstić information content (AvgIpc) is 3.24. The van der Waals surface area contributed by atoms with Crippen molar-refractivity contribution in [3.05, 3.63) is 68.5 Å². The van der Waals surface area contributed by atoms with Crippen LogP contribution in [0.25, 0.3) is 0 Å². The number of ketones is 2. The topological polar surface area (TPSA) is 224 Å². The van der Waals surface area contributed by atoms with Gasteiger partial charge in [-0.25, -0.2) is 4.79 Å². The minimum absolute atomic E-state index is 0.0104. The Bertz CT molecular complexity index is 1550. The molecular formula is C27H28N2O14. The van der Waals surface area contributed by atoms with E-state index in [1.54, 1.807) is 6.07 Å². The van der Waals surface area contributed by atoms with Gasteiger partial charge >= 0.3 is 29.6 Å². The smallest absolute Gasteiger partial charge is 0.330 e. The first-order valence-corrected chi connectivity index (χ1v) is 12.5. The van der Waals surface area contributed by atoms with E-state index in [0.717, 1.165) is 35.0 Å². The van der Waals surface area contributed by atoms with Crippen LogP contribution in [0.3, 0.4) is 0 Å². The molecule has 2 aromatic rings. The fraction of sp³-hybridized carbons (Fsp3) is 0.407. The predicted octanol–water partition coefficient (Wildman–Crippen LogP) is -1.07. The number of aromatic nitrogens is 2. The number of hydrogen-bond donors (Lipinski definition) is 2. The normalized spacial score (nSPS) is 21.9. The second-order valence-electron chi connectivity index (χ2n) is 9.36. The second-order valence-corrected chi connectivity index (χ2v) is 9.36. The molecule has 1 aliphatic heterocycles. The Kier molecular flexibility index (Phi) is 9.78. The zero-order valence-electron chi connectivity index (χ0n) is 23.6. The minimum Gasteiger partial charge on any atom is -0.468 e. The number of carbonyl (C=O) groups is 6. The summed E-state index contributed by atoms with van der Waals surface area (Å²) in [7, 11) is 1.84. The lowest BCUT2D eigenvalue weighted by Gasteiger charge is -2.32. The van der Waals surface area contributed by atoms with E-state index >= 15 is 0 Å². The van der Waals surface area contributed by atoms with Crippen molar-refractivity contribution >= 4 is 35.4 Å². The first-order valence-electron chi connectivity index (χ1n) is 12.5. The van der Waals surface area contributed by atoms with E-state index < -0.39 is 88.3 Å². The summed E-state index contributed by atoms with van der Waals surface area (Å²) < 4.78 is 25.9. The number of aromatic amines is 1. The Morgan fingerprint density at radius 2 is 1.53 bits per heavy atom. The number of aliphatic hydroxyl groups is 1. The van der Waals surface area contributed by atoms with Crippen LogP contribution in [0.2, 0.25) is 0 Å². The zero-order valence-corrected chi connectivity index (χ0v) is 23.6. The van der Waals surface area contributed by atoms with Gasteiger partial charge in [0.2, 0.25) is 11.4 Å². The van der Waals surface area contributed by atoms with E-state index in [1.807, 2.05) is 4.98 Å². The molecular weight excluding hydrogens is 576 g/mol. The van der Waals surface area contributed by atoms with E-state index in [9.17, 15) is 43.5 Å². The number of H-pyrrole nitrogens is 1. The Morgan fingerprint density at radius 3 is 2.02 bits per heavy atom. The molecule has 43 heavy (non-hydrogen) atoms. The number of ether oxygens (including phenoxy) is 5. The number of benzene rings is 1. The summed E-state index contributed by atoms with van der Waals surface area (Å²) in [4.78, 5) is 103. The van der Waals surface area contributed by atoms with Gasteiger partial charge in [-0.2, -0.15) is 0 Å². The number of carbonyl (C=O) groups excluding carboxylic acids is 6. The lowest BCUT2D eigenvalue weighted by Crippen LogP contribution is -2.57. The van der Waals surface area contributed by atoms with E-state index in [4.69, 9.17) is 14.2 Å². The van der Waals surface area contributed by atoms with Gasteiger partial charge in [-0.05, 0) is 6.92 Å². The molecule has 0 bridgehead atoms. The third-order valence-electron chi connectivity index (χ3n) is 6.59. The third-order valence-corrected chi connectivity index (χ3v) is 6.59. The lowest BCUT2D eigenvalue weighted by atomic mass is 9.86. The molecule has 1 fully saturated rings. The zero-order chi connectivity index (χ0) is 32.2. The van der Waals surface area contributed by atoms with Gasteiger partial charge in [0.05, 0.1) is 19.8 Å². The number of Topliss-reactive ketones (excluding diaryl/α,β-unsaturated/α-hetero) is 2. The highest BCUT2D eigenvalue weighted by Gasteiger charge is 2.65. The largest absolute Gasteiger partial charge is 0.468 e. The molecule has 5 atom stereocenters. The molecule has 0 spiro atoms. The van der Waals surface area contributed by atoms with Gasteiger partial charge in [-0.15, -0.1) is 0 Å². The Hall–Kier alpha value is -4.96. The summed E-state index contributed by atoms with van der Waals surface area (Å²) in [5, 5.41) is 11.8. The molecule has 0 amide bonds. The van der Waals surface area contributed by atoms with Gasteiger partial charge in [0.1, 0.15) is 6.10 Å². The van der Waals surface area contributed by atoms with Gasteiger partial charge in [0, 0.05) is 25.6 Å². The molecule has 0 radical (unpaired) electrons. The molecule has 1 aromatic carbocycles. The fourth-order valence-corrected chi connectivity index (χ4v) is 4.61. The highest BCUT2D eigenvalue weighted by molar-refractivity contribution is 6.01. The maximum Gasteiger partial charge on any atom is 0.330 e. The quantitative estimate of drug-likeness (QED) is 0.143. The molecule has 16 heteroatoms. The van der Waals surface area contributed by atoms with Crippen LogP contribution in [0.4, 0.5) is 0 Å². The van der Waals surface area contributed by atoms with Crippen molar-refractivity contribution in [2.45, 2.75) is 56.8 Å². The molecule has 2 N–H and O–H groups in total. The maximum atomic E-state index is 13.5. The number of hydrogen-bond acceptors (Lipinski definition) is 14. The molecule has 0 aliphatic carbocycles. The van der Waals surface area contributed by atoms with Crippen LogP contribution in [0.5, 0.6) is 0 Å². The van der Waals surface area contributed by atoms with Crippen LogP contribution in [0, 0.1) is 0 Å². The minimum atomic E-state index is -2.96. The second kappa shape index (κ2) is 12.9. The molecule has 3 rings (SSSR count). The average molecular weight is 605 g/mol. The van der Waals surface area contributed by atoms with Gasteiger partial charge in [0.15, 0.2) is 30.1 Å². The highest BCUT2D eigenvalue weighted by atomic mass is 16.6. The van der Waals surface area contributed by atoms with Crippen LogP contribution in [-0.2, 0) is 47.7 Å². The van der Waals surface area contributed by atoms with Crippen molar-refractivity contribution in [2.24, 2.45) is 0 Å². The van der Waals surface area contributed by atoms with Crippen molar-refractivity contribution < 1.29 is 57.6 Å². The van der Waals surface area contributed by atoms with Crippen LogP contribution in [-0.4, -0.2) is 88.2 Å². The Morgan fingerprint density at radius 1 is 0.953 bits per heavy atom. The number of nitrogens with zero attached hydrogens (tertiary/aromatic N) is 1. The van der Waals surface area contributed by atoms with Crippen molar-refractivity contribution in [1.29, 1.82) is 0 Å². The Balaban J connectivity index is 2.30. The van der Waals surface area contributed by atoms with Crippen LogP contribution in [0.1, 0.15) is 48.8 Å². The van der Waals surface area contributed by atoms with Crippen LogP contribution in [0.15, 0.2) is 46.1 Å². The monoisotopic (exact) mass is 604 g/mol. The number of esters is 4. The van der Waals surface area contributed by atoms with Crippen molar-refractivity contribution in [1.82, 2.24) is 9.55 Å². The summed E-state index contributed by atoms with van der Waals surface area (Å²) in [6.45, 7) is 2.75. The van der Waals surface area contributed by atoms with Crippen LogP contribution < -0.4 is 11.2 Å². The number of nitrogens with one attached hydrogen (secondary N) is 1. The summed E-state index contributed by atoms with van der Waals surface area (Å²) in [5.41, 5.74) is -6.20. The molecule has 2 heterocycles. The molecule has 1 saturated heterocycles. The predicted molar refractivity (Wildman–Crippen MR) is 140 cm³/mol. The molecule has 16 nitrogen and oxygen atoms in total. The fourth-order valence-electron chi connectivity index (χ4n) is 4.61. The van der Waals surface area contributed by atoms with E-state index in [-0.39, 0.29) is 5.56 Å². The first kappa shape index (κ1) is 32.6. The maximum absolute atomic E-state index is 13.5. The van der Waals surface area contributed by atoms with Crippen molar-refractivity contribution in [2.75, 3.05) is 14.2 Å². The van der Waals surface area contributed by atoms with E-state index in [2.05, 4.69) is 9.47 Å². The number of methoxy groups -OCH3 is 2. The Labute approximate surface area is 242 Å². The van der Waals surface area contributed by atoms with Crippen molar-refractivity contribution in [3.63, 3.8) is 0 Å². The molecule has 1 aromatic heterocycles. The van der Waals surface area contributed by atoms with Gasteiger partial charge in [-0.3, -0.25) is 43.1 Å². The van der Waals surface area contributed by atoms with Crippen molar-refractivity contribution in [3.8, 4) is 0 Å². The highest BCUT2D eigenvalue weighted by Crippen LogP contribution is 2.43. The standard InChI is InChI=1S/C27H28N2O14/c1-12(30)27(38)21(42-14(3)32)20(19(41-13(2)31)18(33)15-9-7-6-8-10-15)43-25(27)29-11-16(22(34)28-26(29)37)17(23(35)39-4)24(36)40-5/h6-11,17,19-21,25,38H,1-5H3,(H,28,34,37)/t19?,20-,21-,25-,27-/m1/s1. The molecule has 0 saturated carbocycles. The van der Waals surface area contributed by atoms with E-state index in [1.165, 1.54) is 24.3 Å². The molecule has 1 aliphatic rings. The summed E-state index contributed by atoms with van der Waals surface area (Å²) >= 11 is 0. The van der Waals surface area contributed by atoms with Gasteiger partial charge in [0.25, 0.3) is 5.56 Å². The van der Waals surface area contributed by atoms with E-state index in [0.29, 0.717) is 10.8 Å². The lowest BCUT2D eigenvalue weighted by molar-refractivity contribution is -0.172. The molecule has 230 valence electrons. The first-order chi connectivity index (χ1) is 20.2. The summed E-state index contributed by atoms with van der Waals surface area (Å²) in [6.07, 6.45) is -7.44. The third kappa shape index (κ3) is 6.29. The number of rotatable bonds is 10. The SMILES string of the molecule is COC(=O)C(C(=O)OC)c1cn([C@@H]2O[C@H](C(OC(C)=O)C(=O)c3ccccc3)[C@@H](OC(C)=O)[C@]2(O)C(C)=O)c(=O)[nH]c1=O.